The van der Waals surface area contributed by atoms with Gasteiger partial charge in [-0.05, 0) is 30.5 Å². The monoisotopic (exact) mass is 223 g/mol. The van der Waals surface area contributed by atoms with Crippen LogP contribution < -0.4 is 5.32 Å². The van der Waals surface area contributed by atoms with Gasteiger partial charge in [0.1, 0.15) is 5.82 Å². The average Bonchev–Trinajstić information content (AvgIpc) is 3.06. The Bertz CT molecular complexity index is 350. The number of methoxy groups -OCH3 is 1. The fraction of sp³-hybridized carbons (Fsp3) is 0.538. The summed E-state index contributed by atoms with van der Waals surface area (Å²) in [6.07, 6.45) is 2.30. The van der Waals surface area contributed by atoms with E-state index in [-0.39, 0.29) is 11.2 Å². The van der Waals surface area contributed by atoms with E-state index in [0.717, 1.165) is 38.1 Å². The van der Waals surface area contributed by atoms with E-state index in [2.05, 4.69) is 5.32 Å². The van der Waals surface area contributed by atoms with Crippen molar-refractivity contribution in [2.24, 2.45) is 0 Å². The van der Waals surface area contributed by atoms with Crippen LogP contribution in [0, 0.1) is 5.82 Å². The first-order valence-electron chi connectivity index (χ1n) is 5.73. The van der Waals surface area contributed by atoms with Gasteiger partial charge in [-0.1, -0.05) is 12.1 Å². The van der Waals surface area contributed by atoms with E-state index in [4.69, 9.17) is 4.74 Å². The third-order valence-electron chi connectivity index (χ3n) is 3.24. The fourth-order valence-corrected chi connectivity index (χ4v) is 2.04. The van der Waals surface area contributed by atoms with Gasteiger partial charge in [0.2, 0.25) is 0 Å². The molecular formula is C13H18FNO. The molecule has 0 radical (unpaired) electrons. The van der Waals surface area contributed by atoms with Gasteiger partial charge in [0, 0.05) is 25.6 Å². The van der Waals surface area contributed by atoms with Crippen molar-refractivity contribution >= 4 is 0 Å². The zero-order chi connectivity index (χ0) is 11.4. The Balaban J connectivity index is 1.92. The minimum atomic E-state index is -0.138. The largest absolute Gasteiger partial charge is 0.383 e. The summed E-state index contributed by atoms with van der Waals surface area (Å²) < 4.78 is 18.1. The number of nitrogens with one attached hydrogen (secondary N) is 1. The van der Waals surface area contributed by atoms with E-state index in [9.17, 15) is 4.39 Å². The third-order valence-corrected chi connectivity index (χ3v) is 3.24. The molecule has 1 fully saturated rings. The third kappa shape index (κ3) is 2.60. The van der Waals surface area contributed by atoms with Crippen molar-refractivity contribution in [2.45, 2.75) is 18.3 Å². The number of hydrogen-bond acceptors (Lipinski definition) is 2. The molecule has 0 bridgehead atoms. The van der Waals surface area contributed by atoms with Crippen LogP contribution >= 0.6 is 0 Å². The zero-order valence-corrected chi connectivity index (χ0v) is 9.63. The quantitative estimate of drug-likeness (QED) is 0.746. The van der Waals surface area contributed by atoms with Gasteiger partial charge in [0.05, 0.1) is 6.61 Å². The lowest BCUT2D eigenvalue weighted by Gasteiger charge is -2.16. The van der Waals surface area contributed by atoms with Crippen LogP contribution in [0.1, 0.15) is 18.4 Å². The lowest BCUT2D eigenvalue weighted by molar-refractivity contribution is 0.198. The molecule has 0 aromatic heterocycles. The number of ether oxygens (including phenoxy) is 1. The second-order valence-electron chi connectivity index (χ2n) is 4.46. The van der Waals surface area contributed by atoms with E-state index in [1.807, 2.05) is 6.07 Å². The topological polar surface area (TPSA) is 21.3 Å². The SMILES string of the molecule is COCCNCC1(c2cccc(F)c2)CC1. The Labute approximate surface area is 95.8 Å². The van der Waals surface area contributed by atoms with Gasteiger partial charge in [0.25, 0.3) is 0 Å². The van der Waals surface area contributed by atoms with Crippen molar-refractivity contribution in [1.82, 2.24) is 5.32 Å². The summed E-state index contributed by atoms with van der Waals surface area (Å²) >= 11 is 0. The molecule has 1 aliphatic carbocycles. The molecular weight excluding hydrogens is 205 g/mol. The molecule has 0 saturated heterocycles. The minimum Gasteiger partial charge on any atom is -0.383 e. The molecule has 1 aromatic rings. The standard InChI is InChI=1S/C13H18FNO/c1-16-8-7-15-10-13(5-6-13)11-3-2-4-12(14)9-11/h2-4,9,15H,5-8,10H2,1H3. The Morgan fingerprint density at radius 3 is 2.88 bits per heavy atom. The Morgan fingerprint density at radius 1 is 1.44 bits per heavy atom. The van der Waals surface area contributed by atoms with Crippen molar-refractivity contribution in [3.05, 3.63) is 35.6 Å². The molecule has 0 unspecified atom stereocenters. The summed E-state index contributed by atoms with van der Waals surface area (Å²) in [7, 11) is 1.70. The van der Waals surface area contributed by atoms with Crippen molar-refractivity contribution in [2.75, 3.05) is 26.8 Å². The second kappa shape index (κ2) is 4.93. The van der Waals surface area contributed by atoms with Crippen LogP contribution in [0.25, 0.3) is 0 Å². The predicted molar refractivity (Wildman–Crippen MR) is 62.1 cm³/mol. The van der Waals surface area contributed by atoms with Gasteiger partial charge < -0.3 is 10.1 Å². The second-order valence-corrected chi connectivity index (χ2v) is 4.46. The number of benzene rings is 1. The molecule has 0 amide bonds. The lowest BCUT2D eigenvalue weighted by atomic mass is 9.96. The van der Waals surface area contributed by atoms with E-state index >= 15 is 0 Å². The molecule has 0 spiro atoms. The summed E-state index contributed by atoms with van der Waals surface area (Å²) in [6.45, 7) is 2.49. The Hall–Kier alpha value is -0.930. The zero-order valence-electron chi connectivity index (χ0n) is 9.63. The minimum absolute atomic E-state index is 0.138. The first-order chi connectivity index (χ1) is 7.77. The number of halogens is 1. The van der Waals surface area contributed by atoms with E-state index in [0.29, 0.717) is 0 Å². The highest BCUT2D eigenvalue weighted by molar-refractivity contribution is 5.32. The van der Waals surface area contributed by atoms with Crippen LogP contribution in [-0.2, 0) is 10.2 Å². The average molecular weight is 223 g/mol. The molecule has 16 heavy (non-hydrogen) atoms. The van der Waals surface area contributed by atoms with Gasteiger partial charge in [-0.2, -0.15) is 0 Å². The molecule has 3 heteroatoms. The maximum absolute atomic E-state index is 13.1. The normalized spacial score (nSPS) is 17.4. The van der Waals surface area contributed by atoms with Gasteiger partial charge in [-0.15, -0.1) is 0 Å². The molecule has 2 rings (SSSR count). The molecule has 1 saturated carbocycles. The van der Waals surface area contributed by atoms with Crippen LogP contribution in [0.2, 0.25) is 0 Å². The number of hydrogen-bond donors (Lipinski definition) is 1. The van der Waals surface area contributed by atoms with Crippen molar-refractivity contribution in [3.8, 4) is 0 Å². The molecule has 88 valence electrons. The van der Waals surface area contributed by atoms with E-state index in [1.165, 1.54) is 6.07 Å². The van der Waals surface area contributed by atoms with Crippen molar-refractivity contribution < 1.29 is 9.13 Å². The molecule has 1 aromatic carbocycles. The van der Waals surface area contributed by atoms with Gasteiger partial charge in [-0.3, -0.25) is 0 Å². The van der Waals surface area contributed by atoms with Gasteiger partial charge in [-0.25, -0.2) is 4.39 Å². The smallest absolute Gasteiger partial charge is 0.123 e. The van der Waals surface area contributed by atoms with Crippen LogP contribution in [0.5, 0.6) is 0 Å². The van der Waals surface area contributed by atoms with Crippen LogP contribution in [0.15, 0.2) is 24.3 Å². The van der Waals surface area contributed by atoms with E-state index in [1.54, 1.807) is 19.2 Å². The van der Waals surface area contributed by atoms with Crippen LogP contribution in [0.4, 0.5) is 4.39 Å². The molecule has 0 aliphatic heterocycles. The van der Waals surface area contributed by atoms with Crippen LogP contribution in [-0.4, -0.2) is 26.8 Å². The summed E-state index contributed by atoms with van der Waals surface area (Å²) in [5.74, 6) is -0.138. The first-order valence-corrected chi connectivity index (χ1v) is 5.73. The highest BCUT2D eigenvalue weighted by atomic mass is 19.1. The molecule has 0 heterocycles. The van der Waals surface area contributed by atoms with Gasteiger partial charge >= 0.3 is 0 Å². The highest BCUT2D eigenvalue weighted by Crippen LogP contribution is 2.47. The van der Waals surface area contributed by atoms with Crippen LogP contribution in [0.3, 0.4) is 0 Å². The Morgan fingerprint density at radius 2 is 2.25 bits per heavy atom. The van der Waals surface area contributed by atoms with Crippen molar-refractivity contribution in [3.63, 3.8) is 0 Å². The highest BCUT2D eigenvalue weighted by Gasteiger charge is 2.43. The molecule has 2 nitrogen and oxygen atoms in total. The summed E-state index contributed by atoms with van der Waals surface area (Å²) in [4.78, 5) is 0. The van der Waals surface area contributed by atoms with Crippen molar-refractivity contribution in [1.29, 1.82) is 0 Å². The fourth-order valence-electron chi connectivity index (χ4n) is 2.04. The Kier molecular flexibility index (Phi) is 3.56. The summed E-state index contributed by atoms with van der Waals surface area (Å²) in [6, 6.07) is 6.97. The maximum atomic E-state index is 13.1. The maximum Gasteiger partial charge on any atom is 0.123 e. The first kappa shape index (κ1) is 11.6. The van der Waals surface area contributed by atoms with E-state index < -0.39 is 0 Å². The van der Waals surface area contributed by atoms with Gasteiger partial charge in [0.15, 0.2) is 0 Å². The molecule has 0 atom stereocenters. The molecule has 1 aliphatic rings. The molecule has 1 N–H and O–H groups in total. The number of rotatable bonds is 6. The summed E-state index contributed by atoms with van der Waals surface area (Å²) in [5, 5.41) is 3.36. The predicted octanol–water partition coefficient (Wildman–Crippen LogP) is 2.09. The lowest BCUT2D eigenvalue weighted by Crippen LogP contribution is -2.29. The summed E-state index contributed by atoms with van der Waals surface area (Å²) in [5.41, 5.74) is 1.30.